The van der Waals surface area contributed by atoms with Crippen LogP contribution in [0.2, 0.25) is 10.0 Å². The Hall–Kier alpha value is -3.57. The number of rotatable bonds is 13. The molecular formula is C33H32BrCl2N3O5S. The van der Waals surface area contributed by atoms with Crippen LogP contribution in [-0.4, -0.2) is 51.4 Å². The Kier molecular flexibility index (Phi) is 11.9. The fourth-order valence-electron chi connectivity index (χ4n) is 4.69. The molecule has 1 N–H and O–H groups in total. The quantitative estimate of drug-likeness (QED) is 0.164. The number of hydrogen-bond donors (Lipinski definition) is 1. The summed E-state index contributed by atoms with van der Waals surface area (Å²) in [5.74, 6) is -0.451. The molecule has 0 saturated carbocycles. The van der Waals surface area contributed by atoms with Crippen LogP contribution in [0.5, 0.6) is 5.75 Å². The van der Waals surface area contributed by atoms with Gasteiger partial charge in [0.2, 0.25) is 11.8 Å². The molecule has 0 spiro atoms. The third kappa shape index (κ3) is 8.79. The number of nitrogens with one attached hydrogen (secondary N) is 1. The van der Waals surface area contributed by atoms with E-state index < -0.39 is 34.4 Å². The predicted octanol–water partition coefficient (Wildman–Crippen LogP) is 6.74. The minimum atomic E-state index is -4.24. The molecule has 0 aliphatic heterocycles. The van der Waals surface area contributed by atoms with Crippen LogP contribution in [0, 0.1) is 0 Å². The van der Waals surface area contributed by atoms with E-state index in [4.69, 9.17) is 27.9 Å². The summed E-state index contributed by atoms with van der Waals surface area (Å²) in [6.45, 7) is 1.66. The standard InChI is InChI=1S/C33H32BrCl2N3O5S/c1-3-44-27-14-12-26(13-15-27)39(45(42,43)28-16-10-25(34)11-17-28)22-32(40)38(21-24-9-18-29(35)30(36)19-24)31(33(41)37-2)20-23-7-5-4-6-8-23/h4-19,31H,3,20-22H2,1-2H3,(H,37,41)/t31-/m0/s1. The highest BCUT2D eigenvalue weighted by Crippen LogP contribution is 2.29. The van der Waals surface area contributed by atoms with E-state index in [1.165, 1.54) is 24.1 Å². The number of carbonyl (C=O) groups excluding carboxylic acids is 2. The lowest BCUT2D eigenvalue weighted by Gasteiger charge is -2.33. The van der Waals surface area contributed by atoms with Crippen LogP contribution in [0.1, 0.15) is 18.1 Å². The second kappa shape index (κ2) is 15.6. The van der Waals surface area contributed by atoms with E-state index in [0.717, 1.165) is 9.87 Å². The van der Waals surface area contributed by atoms with Gasteiger partial charge in [-0.15, -0.1) is 0 Å². The van der Waals surface area contributed by atoms with Crippen molar-refractivity contribution in [3.8, 4) is 5.75 Å². The summed E-state index contributed by atoms with van der Waals surface area (Å²) < 4.78 is 35.5. The monoisotopic (exact) mass is 731 g/mol. The summed E-state index contributed by atoms with van der Waals surface area (Å²) in [7, 11) is -2.74. The number of hydrogen-bond acceptors (Lipinski definition) is 5. The number of nitrogens with zero attached hydrogens (tertiary/aromatic N) is 2. The molecule has 8 nitrogen and oxygen atoms in total. The van der Waals surface area contributed by atoms with E-state index in [-0.39, 0.29) is 28.6 Å². The highest BCUT2D eigenvalue weighted by atomic mass is 79.9. The first-order valence-corrected chi connectivity index (χ1v) is 17.0. The lowest BCUT2D eigenvalue weighted by atomic mass is 10.0. The second-order valence-corrected chi connectivity index (χ2v) is 13.6. The van der Waals surface area contributed by atoms with Gasteiger partial charge in [0.1, 0.15) is 18.3 Å². The Morgan fingerprint density at radius 1 is 0.889 bits per heavy atom. The zero-order valence-corrected chi connectivity index (χ0v) is 28.5. The van der Waals surface area contributed by atoms with Crippen LogP contribution in [-0.2, 0) is 32.6 Å². The van der Waals surface area contributed by atoms with E-state index in [1.807, 2.05) is 37.3 Å². The normalized spacial score (nSPS) is 11.8. The maximum atomic E-state index is 14.4. The molecule has 4 rings (SSSR count). The van der Waals surface area contributed by atoms with E-state index in [0.29, 0.717) is 27.4 Å². The summed E-state index contributed by atoms with van der Waals surface area (Å²) in [4.78, 5) is 29.1. The topological polar surface area (TPSA) is 96.0 Å². The van der Waals surface area contributed by atoms with Gasteiger partial charge in [0.15, 0.2) is 0 Å². The smallest absolute Gasteiger partial charge is 0.264 e. The fraction of sp³-hybridized carbons (Fsp3) is 0.212. The largest absolute Gasteiger partial charge is 0.494 e. The van der Waals surface area contributed by atoms with Crippen LogP contribution < -0.4 is 14.4 Å². The zero-order chi connectivity index (χ0) is 32.6. The summed E-state index contributed by atoms with van der Waals surface area (Å²) in [5, 5.41) is 3.29. The van der Waals surface area contributed by atoms with Gasteiger partial charge in [0, 0.05) is 24.5 Å². The fourth-order valence-corrected chi connectivity index (χ4v) is 6.69. The summed E-state index contributed by atoms with van der Waals surface area (Å²) in [6, 6.07) is 25.8. The molecule has 1 atom stereocenters. The van der Waals surface area contributed by atoms with E-state index in [9.17, 15) is 18.0 Å². The molecule has 4 aromatic carbocycles. The van der Waals surface area contributed by atoms with Crippen molar-refractivity contribution in [2.75, 3.05) is 24.5 Å². The number of ether oxygens (including phenoxy) is 1. The van der Waals surface area contributed by atoms with Crippen LogP contribution in [0.4, 0.5) is 5.69 Å². The molecule has 0 bridgehead atoms. The number of likely N-dealkylation sites (N-methyl/N-ethyl adjacent to an activating group) is 1. The van der Waals surface area contributed by atoms with Crippen molar-refractivity contribution in [1.82, 2.24) is 10.2 Å². The molecule has 0 aromatic heterocycles. The molecule has 2 amide bonds. The predicted molar refractivity (Wildman–Crippen MR) is 181 cm³/mol. The van der Waals surface area contributed by atoms with Crippen molar-refractivity contribution in [3.05, 3.63) is 123 Å². The van der Waals surface area contributed by atoms with Gasteiger partial charge in [-0.1, -0.05) is 75.5 Å². The third-order valence-electron chi connectivity index (χ3n) is 6.97. The Morgan fingerprint density at radius 2 is 1.56 bits per heavy atom. The minimum Gasteiger partial charge on any atom is -0.494 e. The lowest BCUT2D eigenvalue weighted by molar-refractivity contribution is -0.139. The molecule has 0 aliphatic carbocycles. The molecule has 12 heteroatoms. The molecule has 236 valence electrons. The van der Waals surface area contributed by atoms with Crippen LogP contribution in [0.25, 0.3) is 0 Å². The average molecular weight is 734 g/mol. The molecule has 4 aromatic rings. The molecule has 0 heterocycles. The van der Waals surface area contributed by atoms with Gasteiger partial charge in [-0.3, -0.25) is 13.9 Å². The number of carbonyl (C=O) groups is 2. The number of anilines is 1. The summed E-state index contributed by atoms with van der Waals surface area (Å²) >= 11 is 15.8. The third-order valence-corrected chi connectivity index (χ3v) is 10.0. The van der Waals surface area contributed by atoms with Crippen molar-refractivity contribution in [2.45, 2.75) is 30.8 Å². The van der Waals surface area contributed by atoms with Gasteiger partial charge in [-0.25, -0.2) is 8.42 Å². The number of sulfonamides is 1. The van der Waals surface area contributed by atoms with Gasteiger partial charge in [-0.05, 0) is 78.7 Å². The van der Waals surface area contributed by atoms with Gasteiger partial charge in [-0.2, -0.15) is 0 Å². The zero-order valence-electron chi connectivity index (χ0n) is 24.6. The Balaban J connectivity index is 1.79. The average Bonchev–Trinajstić information content (AvgIpc) is 3.04. The van der Waals surface area contributed by atoms with Crippen molar-refractivity contribution < 1.29 is 22.7 Å². The highest BCUT2D eigenvalue weighted by Gasteiger charge is 2.34. The molecule has 0 fully saturated rings. The Labute approximate surface area is 282 Å². The Bertz CT molecular complexity index is 1720. The van der Waals surface area contributed by atoms with Gasteiger partial charge in [0.25, 0.3) is 10.0 Å². The molecule has 45 heavy (non-hydrogen) atoms. The minimum absolute atomic E-state index is 0.00412. The van der Waals surface area contributed by atoms with Crippen LogP contribution >= 0.6 is 39.1 Å². The van der Waals surface area contributed by atoms with E-state index in [2.05, 4.69) is 21.2 Å². The van der Waals surface area contributed by atoms with Gasteiger partial charge < -0.3 is 15.0 Å². The number of benzene rings is 4. The summed E-state index contributed by atoms with van der Waals surface area (Å²) in [5.41, 5.74) is 1.69. The molecular weight excluding hydrogens is 701 g/mol. The first kappa shape index (κ1) is 34.3. The number of amides is 2. The molecule has 0 aliphatic rings. The van der Waals surface area contributed by atoms with Gasteiger partial charge in [0.05, 0.1) is 27.2 Å². The first-order chi connectivity index (χ1) is 21.5. The second-order valence-electron chi connectivity index (χ2n) is 9.98. The van der Waals surface area contributed by atoms with Crippen LogP contribution in [0.3, 0.4) is 0 Å². The lowest BCUT2D eigenvalue weighted by Crippen LogP contribution is -2.53. The molecule has 0 unspecified atom stereocenters. The summed E-state index contributed by atoms with van der Waals surface area (Å²) in [6.07, 6.45) is 0.191. The van der Waals surface area contributed by atoms with E-state index in [1.54, 1.807) is 54.6 Å². The maximum absolute atomic E-state index is 14.4. The van der Waals surface area contributed by atoms with E-state index >= 15 is 0 Å². The maximum Gasteiger partial charge on any atom is 0.264 e. The highest BCUT2D eigenvalue weighted by molar-refractivity contribution is 9.10. The first-order valence-electron chi connectivity index (χ1n) is 14.0. The van der Waals surface area contributed by atoms with Crippen molar-refractivity contribution in [2.24, 2.45) is 0 Å². The molecule has 0 radical (unpaired) electrons. The van der Waals surface area contributed by atoms with Crippen molar-refractivity contribution in [3.63, 3.8) is 0 Å². The number of halogens is 3. The van der Waals surface area contributed by atoms with Crippen molar-refractivity contribution in [1.29, 1.82) is 0 Å². The van der Waals surface area contributed by atoms with Gasteiger partial charge >= 0.3 is 0 Å². The molecule has 0 saturated heterocycles. The SMILES string of the molecule is CCOc1ccc(N(CC(=O)N(Cc2ccc(Cl)c(Cl)c2)[C@@H](Cc2ccccc2)C(=O)NC)S(=O)(=O)c2ccc(Br)cc2)cc1. The Morgan fingerprint density at radius 3 is 2.16 bits per heavy atom. The van der Waals surface area contributed by atoms with Crippen molar-refractivity contribution >= 4 is 66.7 Å². The van der Waals surface area contributed by atoms with Crippen LogP contribution in [0.15, 0.2) is 106 Å².